The van der Waals surface area contributed by atoms with E-state index in [1.807, 2.05) is 62.4 Å². The van der Waals surface area contributed by atoms with Crippen molar-refractivity contribution >= 4 is 23.3 Å². The van der Waals surface area contributed by atoms with Crippen molar-refractivity contribution in [2.24, 2.45) is 0 Å². The van der Waals surface area contributed by atoms with Crippen molar-refractivity contribution in [1.82, 2.24) is 4.90 Å². The van der Waals surface area contributed by atoms with Crippen molar-refractivity contribution in [2.75, 3.05) is 4.90 Å². The lowest BCUT2D eigenvalue weighted by Gasteiger charge is -2.53. The first-order valence-corrected chi connectivity index (χ1v) is 11.1. The van der Waals surface area contributed by atoms with Crippen LogP contribution in [-0.2, 0) is 6.42 Å². The second-order valence-corrected chi connectivity index (χ2v) is 8.66. The smallest absolute Gasteiger partial charge is 0.335 e. The molecule has 0 aliphatic carbocycles. The molecular weight excluding hydrogens is 434 g/mol. The van der Waals surface area contributed by atoms with Crippen molar-refractivity contribution in [3.8, 4) is 5.75 Å². The normalized spacial score (nSPS) is 21.0. The number of carbonyl (C=O) groups excluding carboxylic acids is 2. The van der Waals surface area contributed by atoms with Crippen LogP contribution in [0.25, 0.3) is 0 Å². The summed E-state index contributed by atoms with van der Waals surface area (Å²) < 4.78 is 6.36. The number of anilines is 1. The van der Waals surface area contributed by atoms with E-state index in [9.17, 15) is 19.7 Å². The van der Waals surface area contributed by atoms with Crippen LogP contribution < -0.4 is 9.64 Å². The molecule has 0 aromatic heterocycles. The van der Waals surface area contributed by atoms with E-state index in [1.54, 1.807) is 0 Å². The molecular formula is C26H23N3O5. The highest BCUT2D eigenvalue weighted by Gasteiger charge is 2.55. The van der Waals surface area contributed by atoms with Gasteiger partial charge in [-0.05, 0) is 43.2 Å². The topological polar surface area (TPSA) is 93.0 Å². The number of nitrogens with zero attached hydrogens (tertiary/aromatic N) is 3. The number of para-hydroxylation sites is 1. The summed E-state index contributed by atoms with van der Waals surface area (Å²) in [6.07, 6.45) is 1.14. The van der Waals surface area contributed by atoms with Gasteiger partial charge in [0.1, 0.15) is 5.75 Å². The van der Waals surface area contributed by atoms with E-state index in [0.717, 1.165) is 17.5 Å². The Balaban J connectivity index is 1.66. The second kappa shape index (κ2) is 7.98. The van der Waals surface area contributed by atoms with Crippen molar-refractivity contribution in [3.63, 3.8) is 0 Å². The highest BCUT2D eigenvalue weighted by Crippen LogP contribution is 2.49. The van der Waals surface area contributed by atoms with Crippen LogP contribution in [0, 0.1) is 10.1 Å². The van der Waals surface area contributed by atoms with Crippen molar-refractivity contribution in [2.45, 2.75) is 38.5 Å². The number of imide groups is 1. The highest BCUT2D eigenvalue weighted by atomic mass is 16.6. The van der Waals surface area contributed by atoms with Gasteiger partial charge in [-0.25, -0.2) is 4.79 Å². The lowest BCUT2D eigenvalue weighted by Crippen LogP contribution is -2.67. The molecule has 0 spiro atoms. The maximum absolute atomic E-state index is 14.0. The molecule has 3 aromatic rings. The second-order valence-electron chi connectivity index (χ2n) is 8.66. The molecule has 0 radical (unpaired) electrons. The lowest BCUT2D eigenvalue weighted by molar-refractivity contribution is -0.384. The third kappa shape index (κ3) is 3.39. The van der Waals surface area contributed by atoms with E-state index in [1.165, 1.54) is 34.1 Å². The number of hydrogen-bond donors (Lipinski definition) is 0. The van der Waals surface area contributed by atoms with Gasteiger partial charge in [0.15, 0.2) is 5.72 Å². The third-order valence-corrected chi connectivity index (χ3v) is 6.46. The van der Waals surface area contributed by atoms with E-state index in [-0.39, 0.29) is 11.3 Å². The molecule has 3 amide bonds. The minimum atomic E-state index is -1.01. The van der Waals surface area contributed by atoms with Crippen molar-refractivity contribution < 1.29 is 19.2 Å². The maximum atomic E-state index is 14.0. The highest BCUT2D eigenvalue weighted by molar-refractivity contribution is 6.10. The molecule has 2 aliphatic rings. The Morgan fingerprint density at radius 1 is 1.12 bits per heavy atom. The van der Waals surface area contributed by atoms with E-state index in [4.69, 9.17) is 4.74 Å². The number of benzene rings is 3. The number of fused-ring (bicyclic) bond motifs is 4. The molecule has 2 heterocycles. The first-order chi connectivity index (χ1) is 16.3. The summed E-state index contributed by atoms with van der Waals surface area (Å²) in [7, 11) is 0. The Kier molecular flexibility index (Phi) is 5.08. The zero-order valence-electron chi connectivity index (χ0n) is 18.8. The molecule has 5 rings (SSSR count). The molecule has 8 nitrogen and oxygen atoms in total. The van der Waals surface area contributed by atoms with Crippen LogP contribution in [0.3, 0.4) is 0 Å². The molecule has 1 saturated heterocycles. The SMILES string of the molecule is CCc1cccc(N2C(=O)N(C(=O)c3cccc([N+](=O)[O-])c3)[C@H]3C[C@]2(C)Oc2ccccc23)c1. The number of non-ortho nitro benzene ring substituents is 1. The molecule has 2 atom stereocenters. The minimum Gasteiger partial charge on any atom is -0.467 e. The molecule has 1 fully saturated rings. The van der Waals surface area contributed by atoms with Gasteiger partial charge in [-0.2, -0.15) is 0 Å². The van der Waals surface area contributed by atoms with Gasteiger partial charge < -0.3 is 4.74 Å². The monoisotopic (exact) mass is 457 g/mol. The fraction of sp³-hybridized carbons (Fsp3) is 0.231. The molecule has 8 heteroatoms. The number of nitro groups is 1. The van der Waals surface area contributed by atoms with Gasteiger partial charge in [-0.3, -0.25) is 24.7 Å². The van der Waals surface area contributed by atoms with Crippen LogP contribution in [-0.4, -0.2) is 27.5 Å². The van der Waals surface area contributed by atoms with Crippen molar-refractivity contribution in [3.05, 3.63) is 99.6 Å². The largest absolute Gasteiger partial charge is 0.467 e. The van der Waals surface area contributed by atoms with Gasteiger partial charge in [0.2, 0.25) is 0 Å². The number of rotatable bonds is 4. The summed E-state index contributed by atoms with van der Waals surface area (Å²) in [5.74, 6) is 0.0105. The minimum absolute atomic E-state index is 0.0809. The summed E-state index contributed by atoms with van der Waals surface area (Å²) in [6.45, 7) is 3.88. The van der Waals surface area contributed by atoms with E-state index >= 15 is 0 Å². The summed E-state index contributed by atoms with van der Waals surface area (Å²) in [5.41, 5.74) is 1.26. The lowest BCUT2D eigenvalue weighted by atomic mass is 9.88. The number of nitro benzene ring substituents is 1. The fourth-order valence-electron chi connectivity index (χ4n) is 4.83. The predicted molar refractivity (Wildman–Crippen MR) is 126 cm³/mol. The zero-order chi connectivity index (χ0) is 24.0. The number of aryl methyl sites for hydroxylation is 1. The first-order valence-electron chi connectivity index (χ1n) is 11.1. The quantitative estimate of drug-likeness (QED) is 0.382. The number of carbonyl (C=O) groups is 2. The number of hydrogen-bond acceptors (Lipinski definition) is 5. The number of urea groups is 1. The van der Waals surface area contributed by atoms with E-state index in [0.29, 0.717) is 17.9 Å². The average molecular weight is 457 g/mol. The van der Waals surface area contributed by atoms with Crippen LogP contribution in [0.5, 0.6) is 5.75 Å². The van der Waals surface area contributed by atoms with Gasteiger partial charge >= 0.3 is 6.03 Å². The van der Waals surface area contributed by atoms with Gasteiger partial charge in [0.05, 0.1) is 11.0 Å². The molecule has 2 aliphatic heterocycles. The maximum Gasteiger partial charge on any atom is 0.335 e. The Morgan fingerprint density at radius 3 is 2.65 bits per heavy atom. The number of amides is 3. The molecule has 172 valence electrons. The Hall–Kier alpha value is -4.20. The van der Waals surface area contributed by atoms with E-state index < -0.39 is 28.6 Å². The van der Waals surface area contributed by atoms with Crippen LogP contribution in [0.1, 0.15) is 47.8 Å². The average Bonchev–Trinajstić information content (AvgIpc) is 2.83. The van der Waals surface area contributed by atoms with Crippen LogP contribution in [0.15, 0.2) is 72.8 Å². The Labute approximate surface area is 196 Å². The van der Waals surface area contributed by atoms with E-state index in [2.05, 4.69) is 0 Å². The van der Waals surface area contributed by atoms with Crippen LogP contribution >= 0.6 is 0 Å². The molecule has 3 aromatic carbocycles. The fourth-order valence-corrected chi connectivity index (χ4v) is 4.83. The molecule has 0 N–H and O–H groups in total. The standard InChI is InChI=1S/C26H23N3O5/c1-3-17-8-6-10-19(14-17)28-25(31)27(24(30)18-9-7-11-20(15-18)29(32)33)22-16-26(28,2)34-23-13-5-4-12-21(22)23/h4-15,22H,3,16H2,1-2H3/t22-,26-/m0/s1. The summed E-state index contributed by atoms with van der Waals surface area (Å²) in [6, 6.07) is 19.3. The summed E-state index contributed by atoms with van der Waals surface area (Å²) in [5, 5.41) is 11.3. The van der Waals surface area contributed by atoms with Gasteiger partial charge in [0, 0.05) is 35.4 Å². The van der Waals surface area contributed by atoms with Crippen LogP contribution in [0.4, 0.5) is 16.2 Å². The molecule has 0 saturated carbocycles. The molecule has 2 bridgehead atoms. The van der Waals surface area contributed by atoms with Gasteiger partial charge in [-0.1, -0.05) is 43.3 Å². The summed E-state index contributed by atoms with van der Waals surface area (Å²) >= 11 is 0. The number of ether oxygens (including phenoxy) is 1. The van der Waals surface area contributed by atoms with Crippen LogP contribution in [0.2, 0.25) is 0 Å². The predicted octanol–water partition coefficient (Wildman–Crippen LogP) is 5.48. The summed E-state index contributed by atoms with van der Waals surface area (Å²) in [4.78, 5) is 41.2. The Bertz CT molecular complexity index is 1320. The third-order valence-electron chi connectivity index (χ3n) is 6.46. The molecule has 0 unspecified atom stereocenters. The van der Waals surface area contributed by atoms with Crippen molar-refractivity contribution in [1.29, 1.82) is 0 Å². The van der Waals surface area contributed by atoms with Gasteiger partial charge in [0.25, 0.3) is 11.6 Å². The first kappa shape index (κ1) is 21.6. The zero-order valence-corrected chi connectivity index (χ0v) is 18.8. The molecule has 34 heavy (non-hydrogen) atoms. The Morgan fingerprint density at radius 2 is 1.88 bits per heavy atom. The van der Waals surface area contributed by atoms with Gasteiger partial charge in [-0.15, -0.1) is 0 Å².